The lowest BCUT2D eigenvalue weighted by Gasteiger charge is -2.43. The summed E-state index contributed by atoms with van der Waals surface area (Å²) in [6.45, 7) is 13.4. The molecule has 4 heterocycles. The standard InChI is InChI=1S/C32H42BrN10OP/c1-6-21-19-25(27(44-3)20-26(21)43-13-9-22(10-14-43)42-17-15-41(2)16-18-42)37-32-38-31(30(33)39-40-32)36-24-8-7-23-28(29(24)45(4)5)35-12-11-34-23/h7-8,11-12,19-20,22H,6,9-10,13-18H2,1-5H3,(H2,36,37,38,40). The highest BCUT2D eigenvalue weighted by atomic mass is 79.9. The van der Waals surface area contributed by atoms with Gasteiger partial charge in [-0.2, -0.15) is 4.98 Å². The van der Waals surface area contributed by atoms with Crippen LogP contribution in [-0.2, 0) is 6.42 Å². The van der Waals surface area contributed by atoms with Crippen LogP contribution in [0.1, 0.15) is 25.3 Å². The highest BCUT2D eigenvalue weighted by Crippen LogP contribution is 2.38. The average molecular weight is 694 g/mol. The molecule has 2 aliphatic rings. The SMILES string of the molecule is CCc1cc(Nc2nnc(Br)c(Nc3ccc4nccnc4c3P(C)C)n2)c(OC)cc1N1CCC(N2CCN(C)CC2)CC1. The summed E-state index contributed by atoms with van der Waals surface area (Å²) in [6, 6.07) is 9.01. The molecule has 0 saturated carbocycles. The molecule has 2 aromatic carbocycles. The molecular formula is C32H42BrN10OP. The van der Waals surface area contributed by atoms with E-state index in [-0.39, 0.29) is 0 Å². The lowest BCUT2D eigenvalue weighted by molar-refractivity contribution is 0.0982. The first-order valence-corrected chi connectivity index (χ1v) is 18.6. The normalized spacial score (nSPS) is 16.8. The predicted molar refractivity (Wildman–Crippen MR) is 189 cm³/mol. The topological polar surface area (TPSA) is 107 Å². The highest BCUT2D eigenvalue weighted by molar-refractivity contribution is 9.10. The van der Waals surface area contributed by atoms with Crippen LogP contribution in [0.4, 0.5) is 28.8 Å². The summed E-state index contributed by atoms with van der Waals surface area (Å²) in [5.41, 5.74) is 6.02. The van der Waals surface area contributed by atoms with Gasteiger partial charge in [0.1, 0.15) is 5.75 Å². The van der Waals surface area contributed by atoms with Crippen molar-refractivity contribution in [1.29, 1.82) is 0 Å². The number of nitrogens with zero attached hydrogens (tertiary/aromatic N) is 8. The average Bonchev–Trinajstić information content (AvgIpc) is 3.06. The van der Waals surface area contributed by atoms with Gasteiger partial charge in [-0.05, 0) is 79.3 Å². The summed E-state index contributed by atoms with van der Waals surface area (Å²) in [7, 11) is 3.45. The van der Waals surface area contributed by atoms with Gasteiger partial charge in [0, 0.05) is 80.4 Å². The number of piperidine rings is 1. The molecule has 0 spiro atoms. The van der Waals surface area contributed by atoms with E-state index < -0.39 is 7.92 Å². The van der Waals surface area contributed by atoms with Crippen molar-refractivity contribution in [2.24, 2.45) is 0 Å². The van der Waals surface area contributed by atoms with Gasteiger partial charge >= 0.3 is 0 Å². The largest absolute Gasteiger partial charge is 0.494 e. The van der Waals surface area contributed by atoms with E-state index >= 15 is 0 Å². The Balaban J connectivity index is 1.21. The molecule has 2 N–H and O–H groups in total. The summed E-state index contributed by atoms with van der Waals surface area (Å²) in [6.07, 6.45) is 6.74. The van der Waals surface area contributed by atoms with Gasteiger partial charge in [-0.25, -0.2) is 0 Å². The number of piperazine rings is 1. The molecule has 11 nitrogen and oxygen atoms in total. The maximum absolute atomic E-state index is 5.89. The molecule has 238 valence electrons. The van der Waals surface area contributed by atoms with Crippen LogP contribution in [0, 0.1) is 0 Å². The number of halogens is 1. The highest BCUT2D eigenvalue weighted by Gasteiger charge is 2.28. The van der Waals surface area contributed by atoms with Crippen LogP contribution >= 0.6 is 23.9 Å². The van der Waals surface area contributed by atoms with Crippen molar-refractivity contribution < 1.29 is 4.74 Å². The number of ether oxygens (including phenoxy) is 1. The van der Waals surface area contributed by atoms with Crippen LogP contribution in [0.3, 0.4) is 0 Å². The Labute approximate surface area is 275 Å². The van der Waals surface area contributed by atoms with E-state index in [1.54, 1.807) is 19.5 Å². The van der Waals surface area contributed by atoms with Crippen molar-refractivity contribution in [1.82, 2.24) is 34.9 Å². The van der Waals surface area contributed by atoms with Crippen LogP contribution in [0.2, 0.25) is 0 Å². The summed E-state index contributed by atoms with van der Waals surface area (Å²) in [5, 5.41) is 16.7. The predicted octanol–water partition coefficient (Wildman–Crippen LogP) is 5.22. The number of aromatic nitrogens is 5. The lowest BCUT2D eigenvalue weighted by atomic mass is 9.99. The molecular weight excluding hydrogens is 651 g/mol. The Morgan fingerprint density at radius 3 is 2.42 bits per heavy atom. The van der Waals surface area contributed by atoms with Crippen LogP contribution < -0.4 is 25.6 Å². The van der Waals surface area contributed by atoms with E-state index in [1.165, 1.54) is 50.3 Å². The number of hydrogen-bond donors (Lipinski definition) is 2. The third-order valence-electron chi connectivity index (χ3n) is 8.85. The van der Waals surface area contributed by atoms with Crippen LogP contribution in [-0.4, -0.2) is 108 Å². The van der Waals surface area contributed by atoms with Crippen LogP contribution in [0.15, 0.2) is 41.3 Å². The van der Waals surface area contributed by atoms with E-state index in [1.807, 2.05) is 12.1 Å². The van der Waals surface area contributed by atoms with E-state index in [9.17, 15) is 0 Å². The second-order valence-corrected chi connectivity index (χ2v) is 14.9. The van der Waals surface area contributed by atoms with Crippen molar-refractivity contribution in [3.05, 3.63) is 46.8 Å². The Morgan fingerprint density at radius 2 is 1.71 bits per heavy atom. The van der Waals surface area contributed by atoms with Gasteiger partial charge < -0.3 is 25.2 Å². The van der Waals surface area contributed by atoms with Gasteiger partial charge in [-0.15, -0.1) is 10.2 Å². The Hall–Kier alpha value is -3.18. The molecule has 0 radical (unpaired) electrons. The van der Waals surface area contributed by atoms with E-state index in [4.69, 9.17) is 9.72 Å². The molecule has 6 rings (SSSR count). The number of methoxy groups -OCH3 is 1. The Morgan fingerprint density at radius 1 is 0.956 bits per heavy atom. The fourth-order valence-electron chi connectivity index (χ4n) is 6.39. The summed E-state index contributed by atoms with van der Waals surface area (Å²) >= 11 is 3.54. The van der Waals surface area contributed by atoms with Gasteiger partial charge in [0.15, 0.2) is 10.4 Å². The number of hydrogen-bond acceptors (Lipinski definition) is 11. The van der Waals surface area contributed by atoms with E-state index in [2.05, 4.69) is 101 Å². The Kier molecular flexibility index (Phi) is 9.94. The Bertz CT molecular complexity index is 1640. The summed E-state index contributed by atoms with van der Waals surface area (Å²) < 4.78 is 6.41. The molecule has 2 saturated heterocycles. The zero-order chi connectivity index (χ0) is 31.5. The van der Waals surface area contributed by atoms with Crippen molar-refractivity contribution in [3.8, 4) is 5.75 Å². The molecule has 0 bridgehead atoms. The molecule has 2 aromatic heterocycles. The number of aryl methyl sites for hydroxylation is 1. The molecule has 2 aliphatic heterocycles. The molecule has 13 heteroatoms. The minimum absolute atomic E-state index is 0.374. The smallest absolute Gasteiger partial charge is 0.249 e. The molecule has 0 atom stereocenters. The third-order valence-corrected chi connectivity index (χ3v) is 10.7. The van der Waals surface area contributed by atoms with Crippen molar-refractivity contribution >= 4 is 69.0 Å². The number of rotatable bonds is 9. The summed E-state index contributed by atoms with van der Waals surface area (Å²) in [4.78, 5) is 21.6. The maximum atomic E-state index is 5.89. The van der Waals surface area contributed by atoms with Crippen LogP contribution in [0.5, 0.6) is 5.75 Å². The fraction of sp³-hybridized carbons (Fsp3) is 0.469. The minimum atomic E-state index is -0.483. The quantitative estimate of drug-likeness (QED) is 0.226. The van der Waals surface area contributed by atoms with Gasteiger partial charge in [0.05, 0.1) is 23.8 Å². The summed E-state index contributed by atoms with van der Waals surface area (Å²) in [5.74, 6) is 1.69. The van der Waals surface area contributed by atoms with E-state index in [0.29, 0.717) is 22.4 Å². The second-order valence-electron chi connectivity index (χ2n) is 11.9. The number of nitrogens with one attached hydrogen (secondary N) is 2. The number of fused-ring (bicyclic) bond motifs is 1. The van der Waals surface area contributed by atoms with Crippen molar-refractivity contribution in [2.45, 2.75) is 32.2 Å². The number of benzene rings is 2. The van der Waals surface area contributed by atoms with Crippen LogP contribution in [0.25, 0.3) is 11.0 Å². The van der Waals surface area contributed by atoms with Gasteiger partial charge in [0.25, 0.3) is 0 Å². The van der Waals surface area contributed by atoms with Gasteiger partial charge in [-0.1, -0.05) is 14.8 Å². The van der Waals surface area contributed by atoms with Gasteiger partial charge in [0.2, 0.25) is 5.95 Å². The molecule has 45 heavy (non-hydrogen) atoms. The zero-order valence-corrected chi connectivity index (χ0v) is 29.2. The van der Waals surface area contributed by atoms with Crippen molar-refractivity contribution in [3.63, 3.8) is 0 Å². The monoisotopic (exact) mass is 692 g/mol. The van der Waals surface area contributed by atoms with E-state index in [0.717, 1.165) is 53.0 Å². The molecule has 4 aromatic rings. The number of anilines is 5. The fourth-order valence-corrected chi connectivity index (χ4v) is 7.86. The zero-order valence-electron chi connectivity index (χ0n) is 26.7. The first-order chi connectivity index (χ1) is 21.8. The second kappa shape index (κ2) is 14.1. The molecule has 2 fully saturated rings. The molecule has 0 aliphatic carbocycles. The van der Waals surface area contributed by atoms with Crippen molar-refractivity contribution in [2.75, 3.05) is 82.3 Å². The first-order valence-electron chi connectivity index (χ1n) is 15.6. The third kappa shape index (κ3) is 6.99. The minimum Gasteiger partial charge on any atom is -0.494 e. The lowest BCUT2D eigenvalue weighted by Crippen LogP contribution is -2.52. The first kappa shape index (κ1) is 31.8. The molecule has 0 amide bonds. The number of likely N-dealkylation sites (N-methyl/N-ethyl adjacent to an activating group) is 1. The van der Waals surface area contributed by atoms with Gasteiger partial charge in [-0.3, -0.25) is 14.9 Å². The molecule has 0 unspecified atom stereocenters. The maximum Gasteiger partial charge on any atom is 0.249 e.